The van der Waals surface area contributed by atoms with Crippen LogP contribution in [0, 0.1) is 0 Å². The first-order chi connectivity index (χ1) is 9.99. The molecule has 0 aromatic heterocycles. The molecule has 114 valence electrons. The summed E-state index contributed by atoms with van der Waals surface area (Å²) in [6.07, 6.45) is 0. The average molecular weight is 292 g/mol. The minimum absolute atomic E-state index is 0.212. The van der Waals surface area contributed by atoms with Crippen molar-refractivity contribution in [1.29, 1.82) is 0 Å². The molecule has 1 aromatic carbocycles. The number of carbonyl (C=O) groups excluding carboxylic acids is 1. The SMILES string of the molecule is CC(C(=O)O)N1CCN(C(=O)Nc2ccccc2N)CC1. The van der Waals surface area contributed by atoms with Crippen molar-refractivity contribution in [2.75, 3.05) is 37.2 Å². The molecule has 21 heavy (non-hydrogen) atoms. The Morgan fingerprint density at radius 2 is 1.86 bits per heavy atom. The minimum Gasteiger partial charge on any atom is -0.480 e. The molecule has 0 aliphatic carbocycles. The number of nitrogens with zero attached hydrogens (tertiary/aromatic N) is 2. The molecule has 1 atom stereocenters. The number of nitrogen functional groups attached to an aromatic ring is 1. The Morgan fingerprint density at radius 1 is 1.24 bits per heavy atom. The maximum atomic E-state index is 12.2. The third kappa shape index (κ3) is 3.63. The van der Waals surface area contributed by atoms with Crippen LogP contribution in [-0.4, -0.2) is 59.1 Å². The highest BCUT2D eigenvalue weighted by atomic mass is 16.4. The van der Waals surface area contributed by atoms with Crippen LogP contribution in [0.1, 0.15) is 6.92 Å². The van der Waals surface area contributed by atoms with E-state index in [2.05, 4.69) is 5.32 Å². The summed E-state index contributed by atoms with van der Waals surface area (Å²) in [6, 6.07) is 6.34. The number of urea groups is 1. The summed E-state index contributed by atoms with van der Waals surface area (Å²) in [5.74, 6) is -0.843. The van der Waals surface area contributed by atoms with Gasteiger partial charge in [-0.25, -0.2) is 4.79 Å². The number of carboxylic acid groups (broad SMARTS) is 1. The lowest BCUT2D eigenvalue weighted by atomic mass is 10.2. The third-order valence-corrected chi connectivity index (χ3v) is 3.71. The summed E-state index contributed by atoms with van der Waals surface area (Å²) in [6.45, 7) is 3.74. The van der Waals surface area contributed by atoms with E-state index < -0.39 is 12.0 Å². The molecule has 2 rings (SSSR count). The summed E-state index contributed by atoms with van der Waals surface area (Å²) in [5.41, 5.74) is 6.89. The Labute approximate surface area is 123 Å². The van der Waals surface area contributed by atoms with Crippen LogP contribution in [-0.2, 0) is 4.79 Å². The van der Waals surface area contributed by atoms with Gasteiger partial charge in [-0.1, -0.05) is 12.1 Å². The van der Waals surface area contributed by atoms with Crippen LogP contribution in [0.3, 0.4) is 0 Å². The van der Waals surface area contributed by atoms with Crippen molar-refractivity contribution in [1.82, 2.24) is 9.80 Å². The summed E-state index contributed by atoms with van der Waals surface area (Å²) < 4.78 is 0. The lowest BCUT2D eigenvalue weighted by Gasteiger charge is -2.36. The molecule has 7 nitrogen and oxygen atoms in total. The zero-order valence-corrected chi connectivity index (χ0v) is 12.0. The highest BCUT2D eigenvalue weighted by molar-refractivity contribution is 5.92. The lowest BCUT2D eigenvalue weighted by molar-refractivity contribution is -0.143. The summed E-state index contributed by atoms with van der Waals surface area (Å²) in [5, 5.41) is 11.8. The highest BCUT2D eigenvalue weighted by Gasteiger charge is 2.27. The first-order valence-corrected chi connectivity index (χ1v) is 6.86. The lowest BCUT2D eigenvalue weighted by Crippen LogP contribution is -2.53. The molecule has 1 fully saturated rings. The molecule has 1 unspecified atom stereocenters. The number of anilines is 2. The smallest absolute Gasteiger partial charge is 0.321 e. The van der Waals surface area contributed by atoms with E-state index in [1.165, 1.54) is 0 Å². The van der Waals surface area contributed by atoms with E-state index >= 15 is 0 Å². The van der Waals surface area contributed by atoms with Gasteiger partial charge in [-0.2, -0.15) is 0 Å². The quantitative estimate of drug-likeness (QED) is 0.719. The highest BCUT2D eigenvalue weighted by Crippen LogP contribution is 2.17. The van der Waals surface area contributed by atoms with Crippen molar-refractivity contribution in [2.24, 2.45) is 0 Å². The van der Waals surface area contributed by atoms with Crippen molar-refractivity contribution < 1.29 is 14.7 Å². The second-order valence-electron chi connectivity index (χ2n) is 5.05. The van der Waals surface area contributed by atoms with E-state index in [0.717, 1.165) is 0 Å². The van der Waals surface area contributed by atoms with Gasteiger partial charge < -0.3 is 21.1 Å². The van der Waals surface area contributed by atoms with E-state index in [1.807, 2.05) is 4.90 Å². The number of carbonyl (C=O) groups is 2. The zero-order chi connectivity index (χ0) is 15.4. The predicted molar refractivity (Wildman–Crippen MR) is 80.1 cm³/mol. The Hall–Kier alpha value is -2.28. The molecule has 7 heteroatoms. The number of hydrogen-bond donors (Lipinski definition) is 3. The number of benzene rings is 1. The zero-order valence-electron chi connectivity index (χ0n) is 12.0. The predicted octanol–water partition coefficient (Wildman–Crippen LogP) is 0.891. The number of carboxylic acids is 1. The van der Waals surface area contributed by atoms with E-state index in [9.17, 15) is 9.59 Å². The van der Waals surface area contributed by atoms with Gasteiger partial charge in [0.05, 0.1) is 11.4 Å². The van der Waals surface area contributed by atoms with Crippen LogP contribution in [0.5, 0.6) is 0 Å². The third-order valence-electron chi connectivity index (χ3n) is 3.71. The maximum absolute atomic E-state index is 12.2. The molecule has 1 aliphatic heterocycles. The number of hydrogen-bond acceptors (Lipinski definition) is 4. The molecule has 4 N–H and O–H groups in total. The molecule has 1 saturated heterocycles. The largest absolute Gasteiger partial charge is 0.480 e. The van der Waals surface area contributed by atoms with Crippen LogP contribution >= 0.6 is 0 Å². The fourth-order valence-electron chi connectivity index (χ4n) is 2.27. The van der Waals surface area contributed by atoms with Crippen LogP contribution < -0.4 is 11.1 Å². The number of aliphatic carboxylic acids is 1. The van der Waals surface area contributed by atoms with Gasteiger partial charge in [-0.15, -0.1) is 0 Å². The Bertz CT molecular complexity index is 527. The van der Waals surface area contributed by atoms with Crippen LogP contribution in [0.15, 0.2) is 24.3 Å². The maximum Gasteiger partial charge on any atom is 0.321 e. The molecule has 1 heterocycles. The fraction of sp³-hybridized carbons (Fsp3) is 0.429. The van der Waals surface area contributed by atoms with Crippen molar-refractivity contribution in [3.63, 3.8) is 0 Å². The molecular weight excluding hydrogens is 272 g/mol. The standard InChI is InChI=1S/C14H20N4O3/c1-10(13(19)20)17-6-8-18(9-7-17)14(21)16-12-5-3-2-4-11(12)15/h2-5,10H,6-9,15H2,1H3,(H,16,21)(H,19,20). The molecule has 1 aliphatic rings. The summed E-state index contributed by atoms with van der Waals surface area (Å²) >= 11 is 0. The van der Waals surface area contributed by atoms with Crippen LogP contribution in [0.4, 0.5) is 16.2 Å². The normalized spacial score (nSPS) is 17.3. The van der Waals surface area contributed by atoms with Gasteiger partial charge >= 0.3 is 12.0 Å². The number of amides is 2. The molecule has 0 spiro atoms. The Kier molecular flexibility index (Phi) is 4.64. The Balaban J connectivity index is 1.89. The molecule has 0 bridgehead atoms. The van der Waals surface area contributed by atoms with E-state index in [0.29, 0.717) is 37.6 Å². The number of piperazine rings is 1. The first kappa shape index (κ1) is 15.1. The summed E-state index contributed by atoms with van der Waals surface area (Å²) in [7, 11) is 0. The van der Waals surface area contributed by atoms with Gasteiger partial charge in [0.2, 0.25) is 0 Å². The number of rotatable bonds is 3. The first-order valence-electron chi connectivity index (χ1n) is 6.86. The average Bonchev–Trinajstić information content (AvgIpc) is 2.49. The number of nitrogens with one attached hydrogen (secondary N) is 1. The monoisotopic (exact) mass is 292 g/mol. The van der Waals surface area contributed by atoms with Gasteiger partial charge in [0.25, 0.3) is 0 Å². The van der Waals surface area contributed by atoms with E-state index in [4.69, 9.17) is 10.8 Å². The van der Waals surface area contributed by atoms with Crippen molar-refractivity contribution >= 4 is 23.4 Å². The van der Waals surface area contributed by atoms with Gasteiger partial charge in [0, 0.05) is 26.2 Å². The van der Waals surface area contributed by atoms with E-state index in [1.54, 1.807) is 36.1 Å². The second kappa shape index (κ2) is 6.45. The topological polar surface area (TPSA) is 98.9 Å². The van der Waals surface area contributed by atoms with Crippen LogP contribution in [0.25, 0.3) is 0 Å². The molecular formula is C14H20N4O3. The van der Waals surface area contributed by atoms with Gasteiger partial charge in [-0.3, -0.25) is 9.69 Å². The molecule has 1 aromatic rings. The Morgan fingerprint density at radius 3 is 2.43 bits per heavy atom. The number of nitrogens with two attached hydrogens (primary N) is 1. The van der Waals surface area contributed by atoms with Gasteiger partial charge in [-0.05, 0) is 19.1 Å². The van der Waals surface area contributed by atoms with Gasteiger partial charge in [0.15, 0.2) is 0 Å². The molecule has 2 amide bonds. The molecule has 0 saturated carbocycles. The number of para-hydroxylation sites is 2. The van der Waals surface area contributed by atoms with E-state index in [-0.39, 0.29) is 6.03 Å². The molecule has 0 radical (unpaired) electrons. The van der Waals surface area contributed by atoms with Crippen LogP contribution in [0.2, 0.25) is 0 Å². The summed E-state index contributed by atoms with van der Waals surface area (Å²) in [4.78, 5) is 26.6. The van der Waals surface area contributed by atoms with Gasteiger partial charge in [0.1, 0.15) is 6.04 Å². The minimum atomic E-state index is -0.843. The second-order valence-corrected chi connectivity index (χ2v) is 5.05. The van der Waals surface area contributed by atoms with Crippen molar-refractivity contribution in [2.45, 2.75) is 13.0 Å². The van der Waals surface area contributed by atoms with Crippen molar-refractivity contribution in [3.05, 3.63) is 24.3 Å². The van der Waals surface area contributed by atoms with Crippen molar-refractivity contribution in [3.8, 4) is 0 Å². The fourth-order valence-corrected chi connectivity index (χ4v) is 2.27.